The zero-order valence-corrected chi connectivity index (χ0v) is 18.7. The summed E-state index contributed by atoms with van der Waals surface area (Å²) >= 11 is 1.56. The molecule has 0 bridgehead atoms. The Balaban J connectivity index is 1.30. The third-order valence-electron chi connectivity index (χ3n) is 6.65. The molecule has 4 rings (SSSR count). The van der Waals surface area contributed by atoms with E-state index in [2.05, 4.69) is 16.4 Å². The van der Waals surface area contributed by atoms with Crippen LogP contribution in [0, 0.1) is 23.2 Å². The molecule has 1 aliphatic carbocycles. The van der Waals surface area contributed by atoms with E-state index in [1.165, 1.54) is 32.1 Å². The van der Waals surface area contributed by atoms with Gasteiger partial charge in [0.1, 0.15) is 0 Å². The first-order valence-corrected chi connectivity index (χ1v) is 12.3. The van der Waals surface area contributed by atoms with Gasteiger partial charge in [0, 0.05) is 29.8 Å². The van der Waals surface area contributed by atoms with Crippen molar-refractivity contribution in [1.29, 1.82) is 5.26 Å². The smallest absolute Gasteiger partial charge is 0.228 e. The molecule has 2 amide bonds. The van der Waals surface area contributed by atoms with Crippen molar-refractivity contribution in [3.8, 4) is 6.07 Å². The molecule has 0 aromatic carbocycles. The number of aromatic nitrogens is 1. The molecule has 1 saturated carbocycles. The van der Waals surface area contributed by atoms with Crippen molar-refractivity contribution < 1.29 is 9.59 Å². The van der Waals surface area contributed by atoms with Crippen LogP contribution in [0.4, 0.5) is 0 Å². The van der Waals surface area contributed by atoms with Crippen LogP contribution in [0.3, 0.4) is 0 Å². The molecule has 2 aliphatic heterocycles. The lowest BCUT2D eigenvalue weighted by molar-refractivity contribution is -0.130. The lowest BCUT2D eigenvalue weighted by Gasteiger charge is -2.28. The molecule has 3 aliphatic rings. The van der Waals surface area contributed by atoms with Crippen molar-refractivity contribution in [2.75, 3.05) is 13.1 Å². The van der Waals surface area contributed by atoms with Crippen LogP contribution in [0.2, 0.25) is 0 Å². The van der Waals surface area contributed by atoms with Gasteiger partial charge in [0.15, 0.2) is 0 Å². The van der Waals surface area contributed by atoms with Gasteiger partial charge in [-0.05, 0) is 36.5 Å². The quantitative estimate of drug-likeness (QED) is 0.730. The van der Waals surface area contributed by atoms with Gasteiger partial charge >= 0.3 is 0 Å². The van der Waals surface area contributed by atoms with Crippen molar-refractivity contribution in [2.45, 2.75) is 63.2 Å². The van der Waals surface area contributed by atoms with Gasteiger partial charge in [0.25, 0.3) is 0 Å². The van der Waals surface area contributed by atoms with Gasteiger partial charge in [-0.2, -0.15) is 5.26 Å². The van der Waals surface area contributed by atoms with Crippen molar-refractivity contribution in [3.05, 3.63) is 40.6 Å². The van der Waals surface area contributed by atoms with Gasteiger partial charge < -0.3 is 10.2 Å². The van der Waals surface area contributed by atoms with E-state index in [1.807, 2.05) is 23.1 Å². The molecule has 31 heavy (non-hydrogen) atoms. The van der Waals surface area contributed by atoms with E-state index < -0.39 is 0 Å². The Bertz CT molecular complexity index is 873. The van der Waals surface area contributed by atoms with E-state index in [0.717, 1.165) is 22.6 Å². The summed E-state index contributed by atoms with van der Waals surface area (Å²) < 4.78 is 0. The Morgan fingerprint density at radius 2 is 2.10 bits per heavy atom. The molecule has 3 heterocycles. The Kier molecular flexibility index (Phi) is 7.29. The monoisotopic (exact) mass is 438 g/mol. The zero-order valence-electron chi connectivity index (χ0n) is 17.9. The Morgan fingerprint density at radius 3 is 2.84 bits per heavy atom. The molecule has 0 radical (unpaired) electrons. The van der Waals surface area contributed by atoms with E-state index in [4.69, 9.17) is 0 Å². The number of pyridine rings is 1. The summed E-state index contributed by atoms with van der Waals surface area (Å²) in [6.45, 7) is 1.14. The van der Waals surface area contributed by atoms with E-state index >= 15 is 0 Å². The van der Waals surface area contributed by atoms with Crippen molar-refractivity contribution in [2.24, 2.45) is 11.8 Å². The van der Waals surface area contributed by atoms with Gasteiger partial charge in [-0.15, -0.1) is 11.8 Å². The molecule has 0 spiro atoms. The number of hydrogen-bond donors (Lipinski definition) is 1. The first-order valence-electron chi connectivity index (χ1n) is 11.4. The maximum atomic E-state index is 12.7. The first-order chi connectivity index (χ1) is 15.1. The van der Waals surface area contributed by atoms with Gasteiger partial charge in [0.2, 0.25) is 11.8 Å². The molecule has 6 nitrogen and oxygen atoms in total. The van der Waals surface area contributed by atoms with E-state index in [0.29, 0.717) is 31.8 Å². The molecule has 1 aromatic heterocycles. The Morgan fingerprint density at radius 1 is 1.26 bits per heavy atom. The highest BCUT2D eigenvalue weighted by atomic mass is 32.2. The number of amides is 2. The average molecular weight is 439 g/mol. The maximum Gasteiger partial charge on any atom is 0.228 e. The largest absolute Gasteiger partial charge is 0.342 e. The second-order valence-corrected chi connectivity index (χ2v) is 10.0. The minimum absolute atomic E-state index is 0.0475. The molecule has 1 fully saturated rings. The SMILES string of the molecule is N#CC1C2=C(CN(C(=O)Cc3ccccn3)CC2)SC1NC(=O)CCC1CCCCC1. The fourth-order valence-electron chi connectivity index (χ4n) is 4.88. The summed E-state index contributed by atoms with van der Waals surface area (Å²) in [5.74, 6) is 0.477. The fraction of sp³-hybridized carbons (Fsp3) is 0.583. The molecule has 2 atom stereocenters. The first kappa shape index (κ1) is 21.9. The third-order valence-corrected chi connectivity index (χ3v) is 7.97. The number of nitriles is 1. The van der Waals surface area contributed by atoms with Crippen LogP contribution in [-0.2, 0) is 16.0 Å². The molecule has 2 unspecified atom stereocenters. The summed E-state index contributed by atoms with van der Waals surface area (Å²) in [5.41, 5.74) is 1.87. The summed E-state index contributed by atoms with van der Waals surface area (Å²) in [6.07, 6.45) is 10.5. The highest BCUT2D eigenvalue weighted by molar-refractivity contribution is 8.04. The lowest BCUT2D eigenvalue weighted by Crippen LogP contribution is -2.38. The Labute approximate surface area is 188 Å². The van der Waals surface area contributed by atoms with Crippen molar-refractivity contribution in [1.82, 2.24) is 15.2 Å². The van der Waals surface area contributed by atoms with Crippen LogP contribution in [0.15, 0.2) is 34.9 Å². The molecular weight excluding hydrogens is 408 g/mol. The predicted octanol–water partition coefficient (Wildman–Crippen LogP) is 3.80. The topological polar surface area (TPSA) is 86.1 Å². The zero-order chi connectivity index (χ0) is 21.6. The molecule has 1 N–H and O–H groups in total. The summed E-state index contributed by atoms with van der Waals surface area (Å²) in [6, 6.07) is 7.99. The van der Waals surface area contributed by atoms with Crippen molar-refractivity contribution >= 4 is 23.6 Å². The number of nitrogens with one attached hydrogen (secondary N) is 1. The normalized spacial score (nSPS) is 23.9. The molecule has 1 aromatic rings. The number of carbonyl (C=O) groups is 2. The van der Waals surface area contributed by atoms with E-state index in [-0.39, 0.29) is 29.5 Å². The number of hydrogen-bond acceptors (Lipinski definition) is 5. The highest BCUT2D eigenvalue weighted by Crippen LogP contribution is 2.44. The van der Waals surface area contributed by atoms with Crippen LogP contribution in [-0.4, -0.2) is 40.2 Å². The van der Waals surface area contributed by atoms with E-state index in [9.17, 15) is 14.9 Å². The minimum Gasteiger partial charge on any atom is -0.342 e. The molecule has 164 valence electrons. The van der Waals surface area contributed by atoms with Crippen LogP contribution in [0.5, 0.6) is 0 Å². The van der Waals surface area contributed by atoms with Crippen molar-refractivity contribution in [3.63, 3.8) is 0 Å². The average Bonchev–Trinajstić information content (AvgIpc) is 3.15. The fourth-order valence-corrected chi connectivity index (χ4v) is 6.35. The van der Waals surface area contributed by atoms with Crippen LogP contribution in [0.1, 0.15) is 57.1 Å². The Hall–Kier alpha value is -2.33. The number of thioether (sulfide) groups is 1. The highest BCUT2D eigenvalue weighted by Gasteiger charge is 2.39. The van der Waals surface area contributed by atoms with Gasteiger partial charge in [-0.1, -0.05) is 38.2 Å². The summed E-state index contributed by atoms with van der Waals surface area (Å²) in [4.78, 5) is 32.5. The van der Waals surface area contributed by atoms with Gasteiger partial charge in [-0.25, -0.2) is 0 Å². The summed E-state index contributed by atoms with van der Waals surface area (Å²) in [7, 11) is 0. The minimum atomic E-state index is -0.299. The summed E-state index contributed by atoms with van der Waals surface area (Å²) in [5, 5.41) is 12.6. The standard InChI is InChI=1S/C24H30N4O2S/c25-15-20-19-11-13-28(23(30)14-18-8-4-5-12-26-18)16-21(19)31-24(20)27-22(29)10-9-17-6-2-1-3-7-17/h4-5,8,12,17,20,24H,1-3,6-7,9-11,13-14,16H2,(H,27,29). The molecule has 0 saturated heterocycles. The third kappa shape index (κ3) is 5.48. The number of nitrogens with zero attached hydrogens (tertiary/aromatic N) is 3. The van der Waals surface area contributed by atoms with Gasteiger partial charge in [0.05, 0.1) is 30.3 Å². The lowest BCUT2D eigenvalue weighted by atomic mass is 9.86. The second-order valence-electron chi connectivity index (χ2n) is 8.77. The second kappa shape index (κ2) is 10.3. The predicted molar refractivity (Wildman–Crippen MR) is 121 cm³/mol. The van der Waals surface area contributed by atoms with Gasteiger partial charge in [-0.3, -0.25) is 14.6 Å². The van der Waals surface area contributed by atoms with Crippen LogP contribution < -0.4 is 5.32 Å². The van der Waals surface area contributed by atoms with Crippen LogP contribution in [0.25, 0.3) is 0 Å². The number of rotatable bonds is 6. The van der Waals surface area contributed by atoms with E-state index in [1.54, 1.807) is 18.0 Å². The molecule has 7 heteroatoms. The molecular formula is C24H30N4O2S. The number of carbonyl (C=O) groups excluding carboxylic acids is 2. The van der Waals surface area contributed by atoms with Crippen LogP contribution >= 0.6 is 11.8 Å². The maximum absolute atomic E-state index is 12.7.